The second-order valence-corrected chi connectivity index (χ2v) is 5.81. The number of carboxylic acid groups (broad SMARTS) is 1. The van der Waals surface area contributed by atoms with Crippen LogP contribution in [0.4, 0.5) is 0 Å². The quantitative estimate of drug-likeness (QED) is 0.868. The van der Waals surface area contributed by atoms with Crippen LogP contribution in [0.25, 0.3) is 0 Å². The molecule has 0 bridgehead atoms. The van der Waals surface area contributed by atoms with Gasteiger partial charge in [-0.05, 0) is 44.0 Å². The van der Waals surface area contributed by atoms with Crippen molar-refractivity contribution in [2.75, 3.05) is 34.4 Å². The molecule has 1 N–H and O–H groups in total. The molecule has 1 aromatic carbocycles. The molecule has 1 fully saturated rings. The third kappa shape index (κ3) is 3.69. The number of ether oxygens (including phenoxy) is 3. The fourth-order valence-corrected chi connectivity index (χ4v) is 3.11. The van der Waals surface area contributed by atoms with E-state index >= 15 is 0 Å². The van der Waals surface area contributed by atoms with Crippen molar-refractivity contribution in [2.24, 2.45) is 5.92 Å². The molecular weight excluding hydrogens is 298 g/mol. The van der Waals surface area contributed by atoms with Gasteiger partial charge in [-0.25, -0.2) is 0 Å². The summed E-state index contributed by atoms with van der Waals surface area (Å²) in [5.74, 6) is 0.772. The highest BCUT2D eigenvalue weighted by Gasteiger charge is 2.29. The number of benzene rings is 1. The summed E-state index contributed by atoms with van der Waals surface area (Å²) < 4.78 is 16.1. The standard InChI is InChI=1S/C17H25NO5/c1-11(18-7-5-6-12(10-18)17(19)20)13-8-14(21-2)16(23-4)15(9-13)22-3/h8-9,11-12H,5-7,10H2,1-4H3,(H,19,20). The van der Waals surface area contributed by atoms with Crippen LogP contribution in [0.5, 0.6) is 17.2 Å². The third-order valence-corrected chi connectivity index (χ3v) is 4.52. The highest BCUT2D eigenvalue weighted by molar-refractivity contribution is 5.70. The summed E-state index contributed by atoms with van der Waals surface area (Å²) in [6.45, 7) is 3.53. The number of hydrogen-bond donors (Lipinski definition) is 1. The molecule has 0 saturated carbocycles. The van der Waals surface area contributed by atoms with Gasteiger partial charge in [0.25, 0.3) is 0 Å². The summed E-state index contributed by atoms with van der Waals surface area (Å²) in [7, 11) is 4.76. The van der Waals surface area contributed by atoms with Gasteiger partial charge in [0, 0.05) is 12.6 Å². The summed E-state index contributed by atoms with van der Waals surface area (Å²) in [6.07, 6.45) is 1.64. The Morgan fingerprint density at radius 3 is 2.30 bits per heavy atom. The zero-order chi connectivity index (χ0) is 17.0. The second kappa shape index (κ2) is 7.55. The fraction of sp³-hybridized carbons (Fsp3) is 0.588. The molecule has 1 saturated heterocycles. The lowest BCUT2D eigenvalue weighted by atomic mass is 9.95. The van der Waals surface area contributed by atoms with E-state index in [9.17, 15) is 9.90 Å². The van der Waals surface area contributed by atoms with E-state index in [0.717, 1.165) is 24.9 Å². The van der Waals surface area contributed by atoms with Crippen molar-refractivity contribution in [3.63, 3.8) is 0 Å². The van der Waals surface area contributed by atoms with E-state index in [1.54, 1.807) is 21.3 Å². The molecule has 6 heteroatoms. The molecule has 0 radical (unpaired) electrons. The number of methoxy groups -OCH3 is 3. The van der Waals surface area contributed by atoms with Crippen LogP contribution in [-0.4, -0.2) is 50.4 Å². The normalized spacial score (nSPS) is 19.9. The van der Waals surface area contributed by atoms with E-state index in [2.05, 4.69) is 11.8 Å². The van der Waals surface area contributed by atoms with Gasteiger partial charge in [-0.1, -0.05) is 0 Å². The minimum Gasteiger partial charge on any atom is -0.493 e. The number of rotatable bonds is 6. The number of aliphatic carboxylic acids is 1. The van der Waals surface area contributed by atoms with Crippen LogP contribution in [0.15, 0.2) is 12.1 Å². The van der Waals surface area contributed by atoms with Crippen molar-refractivity contribution >= 4 is 5.97 Å². The Morgan fingerprint density at radius 2 is 1.83 bits per heavy atom. The maximum Gasteiger partial charge on any atom is 0.307 e. The number of carbonyl (C=O) groups is 1. The summed E-state index contributed by atoms with van der Waals surface area (Å²) in [4.78, 5) is 13.5. The molecule has 0 spiro atoms. The summed E-state index contributed by atoms with van der Waals surface area (Å²) in [5.41, 5.74) is 1.02. The van der Waals surface area contributed by atoms with Gasteiger partial charge in [0.05, 0.1) is 27.2 Å². The molecule has 1 heterocycles. The Labute approximate surface area is 136 Å². The highest BCUT2D eigenvalue weighted by Crippen LogP contribution is 2.41. The third-order valence-electron chi connectivity index (χ3n) is 4.52. The first-order valence-corrected chi connectivity index (χ1v) is 7.78. The van der Waals surface area contributed by atoms with E-state index < -0.39 is 5.97 Å². The molecule has 0 aliphatic carbocycles. The SMILES string of the molecule is COc1cc(C(C)N2CCCC(C(=O)O)C2)cc(OC)c1OC. The average molecular weight is 323 g/mol. The average Bonchev–Trinajstić information content (AvgIpc) is 2.59. The van der Waals surface area contributed by atoms with E-state index in [1.165, 1.54) is 0 Å². The summed E-state index contributed by atoms with van der Waals surface area (Å²) in [5, 5.41) is 9.26. The molecule has 128 valence electrons. The molecule has 1 aliphatic rings. The predicted molar refractivity (Wildman–Crippen MR) is 86.4 cm³/mol. The van der Waals surface area contributed by atoms with Gasteiger partial charge >= 0.3 is 5.97 Å². The Kier molecular flexibility index (Phi) is 5.71. The Bertz CT molecular complexity index is 535. The highest BCUT2D eigenvalue weighted by atomic mass is 16.5. The lowest BCUT2D eigenvalue weighted by Crippen LogP contribution is -2.40. The monoisotopic (exact) mass is 323 g/mol. The maximum absolute atomic E-state index is 11.3. The van der Waals surface area contributed by atoms with Crippen LogP contribution >= 0.6 is 0 Å². The number of carboxylic acids is 1. The number of likely N-dealkylation sites (tertiary alicyclic amines) is 1. The van der Waals surface area contributed by atoms with Crippen LogP contribution in [0.1, 0.15) is 31.4 Å². The van der Waals surface area contributed by atoms with Gasteiger partial charge in [0.2, 0.25) is 5.75 Å². The zero-order valence-electron chi connectivity index (χ0n) is 14.2. The molecule has 0 amide bonds. The largest absolute Gasteiger partial charge is 0.493 e. The Hall–Kier alpha value is -1.95. The zero-order valence-corrected chi connectivity index (χ0v) is 14.2. The smallest absolute Gasteiger partial charge is 0.307 e. The van der Waals surface area contributed by atoms with E-state index in [4.69, 9.17) is 14.2 Å². The van der Waals surface area contributed by atoms with Crippen LogP contribution in [0.2, 0.25) is 0 Å². The molecule has 1 aliphatic heterocycles. The summed E-state index contributed by atoms with van der Waals surface area (Å²) >= 11 is 0. The predicted octanol–water partition coefficient (Wildman–Crippen LogP) is 2.57. The van der Waals surface area contributed by atoms with Crippen molar-refractivity contribution in [3.05, 3.63) is 17.7 Å². The lowest BCUT2D eigenvalue weighted by molar-refractivity contribution is -0.143. The van der Waals surface area contributed by atoms with E-state index in [-0.39, 0.29) is 12.0 Å². The molecule has 23 heavy (non-hydrogen) atoms. The first-order valence-electron chi connectivity index (χ1n) is 7.78. The van der Waals surface area contributed by atoms with Crippen molar-refractivity contribution in [1.29, 1.82) is 0 Å². The topological polar surface area (TPSA) is 68.2 Å². The molecule has 2 rings (SSSR count). The van der Waals surface area contributed by atoms with Crippen LogP contribution in [0.3, 0.4) is 0 Å². The molecular formula is C17H25NO5. The van der Waals surface area contributed by atoms with Gasteiger partial charge < -0.3 is 19.3 Å². The van der Waals surface area contributed by atoms with Crippen molar-refractivity contribution in [2.45, 2.75) is 25.8 Å². The van der Waals surface area contributed by atoms with Crippen molar-refractivity contribution < 1.29 is 24.1 Å². The van der Waals surface area contributed by atoms with Gasteiger partial charge in [0.1, 0.15) is 0 Å². The van der Waals surface area contributed by atoms with Crippen molar-refractivity contribution in [1.82, 2.24) is 4.90 Å². The molecule has 2 unspecified atom stereocenters. The summed E-state index contributed by atoms with van der Waals surface area (Å²) in [6, 6.07) is 3.93. The van der Waals surface area contributed by atoms with Crippen LogP contribution in [-0.2, 0) is 4.79 Å². The molecule has 0 aromatic heterocycles. The molecule has 2 atom stereocenters. The van der Waals surface area contributed by atoms with Crippen molar-refractivity contribution in [3.8, 4) is 17.2 Å². The van der Waals surface area contributed by atoms with E-state index in [0.29, 0.717) is 23.8 Å². The van der Waals surface area contributed by atoms with Crippen LogP contribution in [0, 0.1) is 5.92 Å². The van der Waals surface area contributed by atoms with Gasteiger partial charge in [0.15, 0.2) is 11.5 Å². The second-order valence-electron chi connectivity index (χ2n) is 5.81. The number of piperidine rings is 1. The number of nitrogens with zero attached hydrogens (tertiary/aromatic N) is 1. The Morgan fingerprint density at radius 1 is 1.22 bits per heavy atom. The molecule has 6 nitrogen and oxygen atoms in total. The molecule has 1 aromatic rings. The van der Waals surface area contributed by atoms with Gasteiger partial charge in [-0.15, -0.1) is 0 Å². The minimum atomic E-state index is -0.716. The maximum atomic E-state index is 11.3. The van der Waals surface area contributed by atoms with Crippen LogP contribution < -0.4 is 14.2 Å². The van der Waals surface area contributed by atoms with Gasteiger partial charge in [-0.2, -0.15) is 0 Å². The minimum absolute atomic E-state index is 0.0749. The first-order chi connectivity index (χ1) is 11.0. The fourth-order valence-electron chi connectivity index (χ4n) is 3.11. The lowest BCUT2D eigenvalue weighted by Gasteiger charge is -2.35. The number of hydrogen-bond acceptors (Lipinski definition) is 5. The van der Waals surface area contributed by atoms with Gasteiger partial charge in [-0.3, -0.25) is 9.69 Å². The van der Waals surface area contributed by atoms with E-state index in [1.807, 2.05) is 12.1 Å². The Balaban J connectivity index is 2.28. The first kappa shape index (κ1) is 17.4.